The fourth-order valence-corrected chi connectivity index (χ4v) is 6.60. The molecule has 32 heavy (non-hydrogen) atoms. The molecule has 2 heterocycles. The largest absolute Gasteiger partial charge is 0.446 e. The molecule has 6 atom stereocenters. The van der Waals surface area contributed by atoms with Gasteiger partial charge in [0.2, 0.25) is 5.91 Å². The number of hydrogen-bond donors (Lipinski definition) is 2. The Morgan fingerprint density at radius 1 is 1.22 bits per heavy atom. The summed E-state index contributed by atoms with van der Waals surface area (Å²) in [6, 6.07) is 1.70. The Bertz CT molecular complexity index is 908. The molecular weight excluding hydrogens is 425 g/mol. The molecule has 174 valence electrons. The molecule has 1 aliphatic heterocycles. The van der Waals surface area contributed by atoms with Gasteiger partial charge >= 0.3 is 12.3 Å². The monoisotopic (exact) mass is 452 g/mol. The number of aromatic nitrogens is 1. The van der Waals surface area contributed by atoms with E-state index >= 15 is 0 Å². The van der Waals surface area contributed by atoms with Gasteiger partial charge in [-0.2, -0.15) is 13.2 Å². The summed E-state index contributed by atoms with van der Waals surface area (Å²) in [6.45, 7) is 0.804. The summed E-state index contributed by atoms with van der Waals surface area (Å²) in [6.07, 6.45) is 0.881. The molecule has 1 aromatic heterocycles. The third-order valence-electron chi connectivity index (χ3n) is 7.83. The van der Waals surface area contributed by atoms with E-state index in [9.17, 15) is 22.8 Å². The van der Waals surface area contributed by atoms with Gasteiger partial charge in [-0.3, -0.25) is 4.79 Å². The van der Waals surface area contributed by atoms with Crippen LogP contribution in [0.25, 0.3) is 0 Å². The Morgan fingerprint density at radius 3 is 2.59 bits per heavy atom. The van der Waals surface area contributed by atoms with Gasteiger partial charge in [0.1, 0.15) is 11.9 Å². The van der Waals surface area contributed by atoms with Crippen molar-refractivity contribution >= 4 is 17.8 Å². The smallest absolute Gasteiger partial charge is 0.416 e. The maximum absolute atomic E-state index is 12.9. The first-order chi connectivity index (χ1) is 15.1. The Labute approximate surface area is 183 Å². The quantitative estimate of drug-likeness (QED) is 0.730. The number of pyridine rings is 1. The van der Waals surface area contributed by atoms with E-state index in [2.05, 4.69) is 10.3 Å². The van der Waals surface area contributed by atoms with E-state index in [0.717, 1.165) is 37.6 Å². The van der Waals surface area contributed by atoms with Gasteiger partial charge in [0.15, 0.2) is 0 Å². The van der Waals surface area contributed by atoms with Gasteiger partial charge in [-0.25, -0.2) is 9.78 Å². The lowest BCUT2D eigenvalue weighted by atomic mass is 9.48. The minimum absolute atomic E-state index is 0.137. The average molecular weight is 452 g/mol. The molecule has 3 N–H and O–H groups in total. The van der Waals surface area contributed by atoms with Crippen LogP contribution in [-0.2, 0) is 15.7 Å². The molecule has 4 aliphatic carbocycles. The Hall–Kier alpha value is -2.52. The lowest BCUT2D eigenvalue weighted by Crippen LogP contribution is -2.59. The summed E-state index contributed by atoms with van der Waals surface area (Å²) in [5, 5.41) is 3.00. The second-order valence-corrected chi connectivity index (χ2v) is 9.97. The third kappa shape index (κ3) is 3.77. The summed E-state index contributed by atoms with van der Waals surface area (Å²) in [4.78, 5) is 30.5. The number of nitrogens with one attached hydrogen (secondary N) is 1. The van der Waals surface area contributed by atoms with Gasteiger partial charge in [0.25, 0.3) is 0 Å². The van der Waals surface area contributed by atoms with Gasteiger partial charge in [0.05, 0.1) is 11.0 Å². The van der Waals surface area contributed by atoms with Gasteiger partial charge < -0.3 is 20.7 Å². The highest BCUT2D eigenvalue weighted by molar-refractivity contribution is 5.81. The van der Waals surface area contributed by atoms with Crippen LogP contribution < -0.4 is 11.1 Å². The number of rotatable bonds is 4. The predicted octanol–water partition coefficient (Wildman–Crippen LogP) is 3.40. The highest BCUT2D eigenvalue weighted by Crippen LogP contribution is 2.60. The van der Waals surface area contributed by atoms with Crippen LogP contribution in [0.5, 0.6) is 0 Å². The van der Waals surface area contributed by atoms with Crippen LogP contribution in [0.3, 0.4) is 0 Å². The lowest BCUT2D eigenvalue weighted by Gasteiger charge is -2.58. The molecule has 5 fully saturated rings. The summed E-state index contributed by atoms with van der Waals surface area (Å²) in [5.41, 5.74) is 4.53. The molecule has 0 spiro atoms. The number of anilines is 1. The molecule has 6 rings (SSSR count). The van der Waals surface area contributed by atoms with E-state index < -0.39 is 23.2 Å². The van der Waals surface area contributed by atoms with Gasteiger partial charge in [-0.05, 0) is 68.4 Å². The minimum atomic E-state index is -4.43. The number of likely N-dealkylation sites (tertiary alicyclic amines) is 1. The molecule has 7 nitrogen and oxygen atoms in total. The number of ether oxygens (including phenoxy) is 1. The zero-order chi connectivity index (χ0) is 22.7. The summed E-state index contributed by atoms with van der Waals surface area (Å²) in [7, 11) is 0. The zero-order valence-electron chi connectivity index (χ0n) is 17.6. The molecule has 10 heteroatoms. The topological polar surface area (TPSA) is 97.6 Å². The molecule has 5 unspecified atom stereocenters. The molecule has 0 aromatic carbocycles. The van der Waals surface area contributed by atoms with Crippen molar-refractivity contribution in [3.05, 3.63) is 23.9 Å². The number of halogens is 3. The van der Waals surface area contributed by atoms with E-state index in [1.807, 2.05) is 0 Å². The van der Waals surface area contributed by atoms with E-state index in [0.29, 0.717) is 38.3 Å². The van der Waals surface area contributed by atoms with Crippen LogP contribution >= 0.6 is 0 Å². The van der Waals surface area contributed by atoms with Crippen LogP contribution in [-0.4, -0.2) is 47.1 Å². The first kappa shape index (κ1) is 21.3. The lowest BCUT2D eigenvalue weighted by molar-refractivity contribution is -0.161. The number of alkyl halides is 3. The first-order valence-electron chi connectivity index (χ1n) is 11.2. The fraction of sp³-hybridized carbons (Fsp3) is 0.682. The van der Waals surface area contributed by atoms with Crippen molar-refractivity contribution in [1.82, 2.24) is 9.88 Å². The predicted molar refractivity (Wildman–Crippen MR) is 108 cm³/mol. The molecule has 4 saturated carbocycles. The second kappa shape index (κ2) is 7.52. The molecule has 0 radical (unpaired) electrons. The molecule has 2 amide bonds. The van der Waals surface area contributed by atoms with E-state index in [1.165, 1.54) is 0 Å². The number of amides is 2. The van der Waals surface area contributed by atoms with E-state index in [1.54, 1.807) is 4.90 Å². The van der Waals surface area contributed by atoms with Gasteiger partial charge in [-0.1, -0.05) is 0 Å². The van der Waals surface area contributed by atoms with Crippen LogP contribution in [0, 0.1) is 23.2 Å². The second-order valence-electron chi connectivity index (χ2n) is 9.97. The number of hydrogen-bond acceptors (Lipinski definition) is 5. The standard InChI is InChI=1S/C22H27F3N4O3/c23-22(24,25)15-1-3-27-17(7-15)28-16-2-4-29(11-16)20(31)32-18-13-5-12-6-14(18)10-21(8-12,9-13)19(26)30/h1,3,7,12-14,16,18H,2,4-6,8-11H2,(H2,26,30)(H,27,28)/t12?,13-,14?,16?,18?,21?/m1/s1. The van der Waals surface area contributed by atoms with E-state index in [4.69, 9.17) is 10.5 Å². The molecular formula is C22H27F3N4O3. The van der Waals surface area contributed by atoms with Crippen molar-refractivity contribution in [1.29, 1.82) is 0 Å². The molecule has 5 aliphatic rings. The number of carbonyl (C=O) groups is 2. The Kier molecular flexibility index (Phi) is 5.01. The summed E-state index contributed by atoms with van der Waals surface area (Å²) < 4.78 is 44.7. The van der Waals surface area contributed by atoms with E-state index in [-0.39, 0.29) is 35.7 Å². The highest BCUT2D eigenvalue weighted by atomic mass is 19.4. The van der Waals surface area contributed by atoms with Gasteiger partial charge in [0, 0.05) is 25.3 Å². The number of carbonyl (C=O) groups excluding carboxylic acids is 2. The van der Waals surface area contributed by atoms with Crippen LogP contribution in [0.1, 0.15) is 44.1 Å². The third-order valence-corrected chi connectivity index (χ3v) is 7.83. The number of nitrogens with zero attached hydrogens (tertiary/aromatic N) is 2. The number of nitrogens with two attached hydrogens (primary N) is 1. The minimum Gasteiger partial charge on any atom is -0.446 e. The fourth-order valence-electron chi connectivity index (χ4n) is 6.60. The van der Waals surface area contributed by atoms with Crippen molar-refractivity contribution in [2.45, 2.75) is 56.8 Å². The van der Waals surface area contributed by atoms with Crippen molar-refractivity contribution in [3.8, 4) is 0 Å². The maximum atomic E-state index is 12.9. The number of primary amides is 1. The Balaban J connectivity index is 1.18. The Morgan fingerprint density at radius 2 is 1.94 bits per heavy atom. The summed E-state index contributed by atoms with van der Waals surface area (Å²) >= 11 is 0. The average Bonchev–Trinajstić information content (AvgIpc) is 3.18. The van der Waals surface area contributed by atoms with Crippen molar-refractivity contribution in [2.75, 3.05) is 18.4 Å². The van der Waals surface area contributed by atoms with Crippen molar-refractivity contribution in [3.63, 3.8) is 0 Å². The zero-order valence-corrected chi connectivity index (χ0v) is 17.6. The van der Waals surface area contributed by atoms with Gasteiger partial charge in [-0.15, -0.1) is 0 Å². The SMILES string of the molecule is NC(=O)C12CC3CC(C1)C(OC(=O)N1CCC(Nc4cc(C(F)(F)F)ccn4)C1)[C@H](C3)C2. The first-order valence-corrected chi connectivity index (χ1v) is 11.2. The molecule has 4 bridgehead atoms. The normalized spacial score (nSPS) is 35.7. The highest BCUT2D eigenvalue weighted by Gasteiger charge is 2.59. The van der Waals surface area contributed by atoms with Crippen LogP contribution in [0.4, 0.5) is 23.8 Å². The van der Waals surface area contributed by atoms with Crippen molar-refractivity contribution in [2.24, 2.45) is 28.9 Å². The van der Waals surface area contributed by atoms with Crippen molar-refractivity contribution < 1.29 is 27.5 Å². The summed E-state index contributed by atoms with van der Waals surface area (Å²) in [5.74, 6) is 0.735. The van der Waals surface area contributed by atoms with Crippen LogP contribution in [0.15, 0.2) is 18.3 Å². The molecule has 1 saturated heterocycles. The molecule has 1 aromatic rings. The maximum Gasteiger partial charge on any atom is 0.416 e. The van der Waals surface area contributed by atoms with Crippen LogP contribution in [0.2, 0.25) is 0 Å².